The SMILES string of the molecule is CSc1ccc2c(c1)C(=O)OC21c2ccc(OC(C)=O)cc2Oc2cc(OC(C)=O)ccc21. The molecule has 8 heteroatoms. The average Bonchev–Trinajstić information content (AvgIpc) is 3.05. The van der Waals surface area contributed by atoms with Crippen molar-refractivity contribution >= 4 is 29.7 Å². The molecule has 3 aromatic rings. The first-order valence-corrected chi connectivity index (χ1v) is 11.3. The van der Waals surface area contributed by atoms with E-state index >= 15 is 0 Å². The van der Waals surface area contributed by atoms with Gasteiger partial charge in [0.25, 0.3) is 0 Å². The summed E-state index contributed by atoms with van der Waals surface area (Å²) in [6, 6.07) is 15.5. The maximum Gasteiger partial charge on any atom is 0.340 e. The first-order chi connectivity index (χ1) is 15.8. The van der Waals surface area contributed by atoms with E-state index in [0.717, 1.165) is 4.90 Å². The van der Waals surface area contributed by atoms with Gasteiger partial charge in [-0.3, -0.25) is 9.59 Å². The van der Waals surface area contributed by atoms with Crippen molar-refractivity contribution in [2.75, 3.05) is 6.26 Å². The van der Waals surface area contributed by atoms with Crippen molar-refractivity contribution in [1.82, 2.24) is 0 Å². The van der Waals surface area contributed by atoms with Crippen LogP contribution in [0.2, 0.25) is 0 Å². The Hall–Kier alpha value is -3.78. The lowest BCUT2D eigenvalue weighted by Gasteiger charge is -2.36. The molecular formula is C25H18O7S. The first kappa shape index (κ1) is 21.1. The summed E-state index contributed by atoms with van der Waals surface area (Å²) in [5.74, 6) is -0.100. The predicted molar refractivity (Wildman–Crippen MR) is 119 cm³/mol. The Bertz CT molecular complexity index is 1280. The quantitative estimate of drug-likeness (QED) is 0.311. The second-order valence-electron chi connectivity index (χ2n) is 7.59. The molecule has 5 rings (SSSR count). The number of hydrogen-bond donors (Lipinski definition) is 0. The average molecular weight is 462 g/mol. The van der Waals surface area contributed by atoms with Gasteiger partial charge in [0, 0.05) is 47.6 Å². The Morgan fingerprint density at radius 1 is 0.818 bits per heavy atom. The fraction of sp³-hybridized carbons (Fsp3) is 0.160. The Morgan fingerprint density at radius 2 is 1.36 bits per heavy atom. The number of carbonyl (C=O) groups excluding carboxylic acids is 3. The van der Waals surface area contributed by atoms with Gasteiger partial charge in [0.2, 0.25) is 0 Å². The minimum atomic E-state index is -1.27. The van der Waals surface area contributed by atoms with Crippen LogP contribution in [-0.2, 0) is 19.9 Å². The Balaban J connectivity index is 1.76. The number of benzene rings is 3. The van der Waals surface area contributed by atoms with Crippen molar-refractivity contribution in [2.45, 2.75) is 24.3 Å². The summed E-state index contributed by atoms with van der Waals surface area (Å²) in [6.07, 6.45) is 1.93. The molecular weight excluding hydrogens is 444 g/mol. The predicted octanol–water partition coefficient (Wildman–Crippen LogP) is 4.83. The molecule has 0 aromatic heterocycles. The summed E-state index contributed by atoms with van der Waals surface area (Å²) in [7, 11) is 0. The van der Waals surface area contributed by atoms with Gasteiger partial charge in [0.15, 0.2) is 5.60 Å². The lowest BCUT2D eigenvalue weighted by molar-refractivity contribution is -0.132. The van der Waals surface area contributed by atoms with Crippen LogP contribution in [0.1, 0.15) is 40.9 Å². The minimum absolute atomic E-state index is 0.290. The van der Waals surface area contributed by atoms with E-state index in [0.29, 0.717) is 45.3 Å². The smallest absolute Gasteiger partial charge is 0.340 e. The largest absolute Gasteiger partial charge is 0.456 e. The lowest BCUT2D eigenvalue weighted by atomic mass is 9.77. The second-order valence-corrected chi connectivity index (χ2v) is 8.47. The zero-order chi connectivity index (χ0) is 23.3. The number of carbonyl (C=O) groups is 3. The van der Waals surface area contributed by atoms with Gasteiger partial charge < -0.3 is 18.9 Å². The Kier molecular flexibility index (Phi) is 4.90. The van der Waals surface area contributed by atoms with E-state index in [9.17, 15) is 14.4 Å². The van der Waals surface area contributed by atoms with E-state index in [1.165, 1.54) is 25.6 Å². The summed E-state index contributed by atoms with van der Waals surface area (Å²) in [5.41, 5.74) is 1.06. The number of ether oxygens (including phenoxy) is 4. The number of thioether (sulfide) groups is 1. The summed E-state index contributed by atoms with van der Waals surface area (Å²) >= 11 is 1.53. The molecule has 1 spiro atoms. The van der Waals surface area contributed by atoms with Gasteiger partial charge in [-0.25, -0.2) is 4.79 Å². The van der Waals surface area contributed by atoms with Crippen LogP contribution in [-0.4, -0.2) is 24.2 Å². The molecule has 0 bridgehead atoms. The van der Waals surface area contributed by atoms with Crippen LogP contribution in [0.4, 0.5) is 0 Å². The molecule has 3 aromatic carbocycles. The van der Waals surface area contributed by atoms with Crippen LogP contribution in [0, 0.1) is 0 Å². The Morgan fingerprint density at radius 3 is 1.88 bits per heavy atom. The van der Waals surface area contributed by atoms with Gasteiger partial charge >= 0.3 is 17.9 Å². The Labute approximate surface area is 193 Å². The highest BCUT2D eigenvalue weighted by atomic mass is 32.2. The maximum atomic E-state index is 13.0. The van der Waals surface area contributed by atoms with Crippen LogP contribution in [0.25, 0.3) is 0 Å². The highest BCUT2D eigenvalue weighted by Crippen LogP contribution is 2.57. The van der Waals surface area contributed by atoms with E-state index in [1.807, 2.05) is 24.5 Å². The second kappa shape index (κ2) is 7.67. The third kappa shape index (κ3) is 3.34. The van der Waals surface area contributed by atoms with Crippen LogP contribution < -0.4 is 14.2 Å². The number of hydrogen-bond acceptors (Lipinski definition) is 8. The molecule has 0 radical (unpaired) electrons. The molecule has 0 atom stereocenters. The molecule has 0 fully saturated rings. The molecule has 166 valence electrons. The fourth-order valence-electron chi connectivity index (χ4n) is 4.25. The third-order valence-electron chi connectivity index (χ3n) is 5.48. The third-order valence-corrected chi connectivity index (χ3v) is 6.20. The standard InChI is InChI=1S/C25H18O7S/c1-13(26)29-15-4-7-20-22(10-15)31-23-11-16(30-14(2)27)5-8-21(23)25(20)19-9-6-17(33-3)12-18(19)24(28)32-25/h4-12H,1-3H3. The fourth-order valence-corrected chi connectivity index (χ4v) is 4.69. The lowest BCUT2D eigenvalue weighted by Crippen LogP contribution is -2.33. The molecule has 7 nitrogen and oxygen atoms in total. The van der Waals surface area contributed by atoms with E-state index in [-0.39, 0.29) is 0 Å². The number of esters is 3. The summed E-state index contributed by atoms with van der Waals surface area (Å²) in [5, 5.41) is 0. The molecule has 0 amide bonds. The molecule has 0 aliphatic carbocycles. The van der Waals surface area contributed by atoms with E-state index in [2.05, 4.69) is 0 Å². The zero-order valence-corrected chi connectivity index (χ0v) is 18.8. The van der Waals surface area contributed by atoms with Crippen LogP contribution >= 0.6 is 11.8 Å². The minimum Gasteiger partial charge on any atom is -0.456 e. The normalized spacial score (nSPS) is 14.5. The molecule has 2 heterocycles. The first-order valence-electron chi connectivity index (χ1n) is 10.1. The van der Waals surface area contributed by atoms with E-state index < -0.39 is 23.5 Å². The topological polar surface area (TPSA) is 88.1 Å². The monoisotopic (exact) mass is 462 g/mol. The van der Waals surface area contributed by atoms with Gasteiger partial charge in [-0.2, -0.15) is 0 Å². The van der Waals surface area contributed by atoms with Gasteiger partial charge in [0.1, 0.15) is 23.0 Å². The molecule has 2 aliphatic rings. The van der Waals surface area contributed by atoms with Gasteiger partial charge in [0.05, 0.1) is 5.56 Å². The van der Waals surface area contributed by atoms with Crippen molar-refractivity contribution in [1.29, 1.82) is 0 Å². The molecule has 0 saturated carbocycles. The van der Waals surface area contributed by atoms with Gasteiger partial charge in [-0.15, -0.1) is 11.8 Å². The summed E-state index contributed by atoms with van der Waals surface area (Å²) < 4.78 is 22.7. The van der Waals surface area contributed by atoms with Crippen molar-refractivity contribution in [3.05, 3.63) is 76.9 Å². The van der Waals surface area contributed by atoms with Gasteiger partial charge in [-0.05, 0) is 42.7 Å². The molecule has 0 saturated heterocycles. The molecule has 0 unspecified atom stereocenters. The van der Waals surface area contributed by atoms with E-state index in [1.54, 1.807) is 36.4 Å². The maximum absolute atomic E-state index is 13.0. The van der Waals surface area contributed by atoms with Gasteiger partial charge in [-0.1, -0.05) is 6.07 Å². The molecule has 0 N–H and O–H groups in total. The zero-order valence-electron chi connectivity index (χ0n) is 18.0. The van der Waals surface area contributed by atoms with E-state index in [4.69, 9.17) is 18.9 Å². The van der Waals surface area contributed by atoms with Crippen molar-refractivity contribution in [3.8, 4) is 23.0 Å². The van der Waals surface area contributed by atoms with Crippen molar-refractivity contribution in [2.24, 2.45) is 0 Å². The molecule has 33 heavy (non-hydrogen) atoms. The van der Waals surface area contributed by atoms with Crippen molar-refractivity contribution in [3.63, 3.8) is 0 Å². The van der Waals surface area contributed by atoms with Crippen molar-refractivity contribution < 1.29 is 33.3 Å². The summed E-state index contributed by atoms with van der Waals surface area (Å²) in [4.78, 5) is 36.9. The highest BCUT2D eigenvalue weighted by Gasteiger charge is 2.53. The van der Waals surface area contributed by atoms with Crippen LogP contribution in [0.5, 0.6) is 23.0 Å². The van der Waals surface area contributed by atoms with Crippen LogP contribution in [0.3, 0.4) is 0 Å². The summed E-state index contributed by atoms with van der Waals surface area (Å²) in [6.45, 7) is 2.61. The number of fused-ring (bicyclic) bond motifs is 6. The molecule has 2 aliphatic heterocycles. The highest BCUT2D eigenvalue weighted by molar-refractivity contribution is 7.98. The number of rotatable bonds is 3. The van der Waals surface area contributed by atoms with Crippen LogP contribution in [0.15, 0.2) is 59.5 Å².